The van der Waals surface area contributed by atoms with Gasteiger partial charge in [0.15, 0.2) is 17.6 Å². The number of hydrogen-bond donors (Lipinski definition) is 6. The molecule has 1 fully saturated rings. The van der Waals surface area contributed by atoms with Crippen molar-refractivity contribution in [1.82, 2.24) is 0 Å². The second kappa shape index (κ2) is 15.9. The molecule has 0 amide bonds. The van der Waals surface area contributed by atoms with Crippen LogP contribution in [0.1, 0.15) is 40.7 Å². The number of ether oxygens (including phenoxy) is 7. The highest BCUT2D eigenvalue weighted by atomic mass is 16.7. The quantitative estimate of drug-likeness (QED) is 0.0652. The fourth-order valence-corrected chi connectivity index (χ4v) is 8.26. The molecule has 4 aromatic carbocycles. The Balaban J connectivity index is 1.24. The van der Waals surface area contributed by atoms with E-state index >= 15 is 0 Å². The molecule has 4 heterocycles. The zero-order valence-electron chi connectivity index (χ0n) is 31.5. The number of carboxylic acids is 1. The van der Waals surface area contributed by atoms with Gasteiger partial charge in [-0.3, -0.25) is 14.6 Å². The lowest BCUT2D eigenvalue weighted by atomic mass is 9.79. The Morgan fingerprint density at radius 2 is 1.67 bits per heavy atom. The normalized spacial score (nSPS) is 25.8. The van der Waals surface area contributed by atoms with E-state index in [1.54, 1.807) is 26.4 Å². The molecular weight excluding hydrogens is 754 g/mol. The Morgan fingerprint density at radius 3 is 2.40 bits per heavy atom. The van der Waals surface area contributed by atoms with Gasteiger partial charge < -0.3 is 65.1 Å². The Kier molecular flexibility index (Phi) is 10.7. The van der Waals surface area contributed by atoms with Gasteiger partial charge in [0.2, 0.25) is 12.0 Å². The number of fused-ring (bicyclic) bond motifs is 6. The number of aliphatic hydroxyl groups is 3. The number of nitrogens with zero attached hydrogens (tertiary/aromatic N) is 1. The van der Waals surface area contributed by atoms with Gasteiger partial charge in [-0.15, -0.1) is 0 Å². The second-order valence-corrected chi connectivity index (χ2v) is 14.5. The minimum absolute atomic E-state index is 0.139. The van der Waals surface area contributed by atoms with E-state index in [0.29, 0.717) is 41.5 Å². The highest BCUT2D eigenvalue weighted by Crippen LogP contribution is 2.59. The van der Waals surface area contributed by atoms with E-state index < -0.39 is 73.5 Å². The standard InChI is InChI=1S/C42H43N3O13/c1-52-26-13-12-22-31-27(14-19-8-4-3-5-9-19)55-28-16-20(54-42-35(51)33(49)34(50)39(58-42)40(41(43)44)56-30(48)17-29(46)47)15-23(24-18-45-25-11-7-6-10-21(24)25)32(28)38(31)57-36(22)37(26)53-2/h3-13,15-16,27,31,33-35,38-42,49-51H,14,17-18,43-44H2,1-2H3,(H,46,47). The molecule has 4 aliphatic rings. The molecule has 58 heavy (non-hydrogen) atoms. The van der Waals surface area contributed by atoms with Gasteiger partial charge in [-0.25, -0.2) is 0 Å². The number of esters is 1. The maximum Gasteiger partial charge on any atom is 0.317 e. The van der Waals surface area contributed by atoms with Crippen LogP contribution in [-0.4, -0.2) is 102 Å². The number of aliphatic hydroxyl groups excluding tert-OH is 3. The molecule has 0 saturated carbocycles. The first-order valence-corrected chi connectivity index (χ1v) is 18.7. The molecule has 1 saturated heterocycles. The second-order valence-electron chi connectivity index (χ2n) is 14.5. The van der Waals surface area contributed by atoms with Gasteiger partial charge in [-0.2, -0.15) is 0 Å². The summed E-state index contributed by atoms with van der Waals surface area (Å²) < 4.78 is 42.8. The number of nitrogens with two attached hydrogens (primary N) is 2. The van der Waals surface area contributed by atoms with Crippen LogP contribution in [0.5, 0.6) is 28.7 Å². The Morgan fingerprint density at radius 1 is 0.914 bits per heavy atom. The van der Waals surface area contributed by atoms with Crippen LogP contribution in [0.4, 0.5) is 0 Å². The lowest BCUT2D eigenvalue weighted by Gasteiger charge is -2.43. The molecule has 9 atom stereocenters. The molecule has 16 nitrogen and oxygen atoms in total. The molecule has 8 rings (SSSR count). The van der Waals surface area contributed by atoms with Crippen LogP contribution in [0.3, 0.4) is 0 Å². The zero-order chi connectivity index (χ0) is 40.8. The summed E-state index contributed by atoms with van der Waals surface area (Å²) in [5, 5.41) is 43.9. The van der Waals surface area contributed by atoms with Gasteiger partial charge in [-0.1, -0.05) is 54.6 Å². The van der Waals surface area contributed by atoms with Crippen LogP contribution in [0.2, 0.25) is 0 Å². The highest BCUT2D eigenvalue weighted by molar-refractivity contribution is 5.90. The predicted molar refractivity (Wildman–Crippen MR) is 203 cm³/mol. The first-order valence-electron chi connectivity index (χ1n) is 18.7. The molecule has 0 aromatic heterocycles. The van der Waals surface area contributed by atoms with Crippen molar-refractivity contribution in [2.24, 2.45) is 16.5 Å². The summed E-state index contributed by atoms with van der Waals surface area (Å²) >= 11 is 0. The van der Waals surface area contributed by atoms with Crippen LogP contribution in [0, 0.1) is 0 Å². The summed E-state index contributed by atoms with van der Waals surface area (Å²) in [4.78, 5) is 28.3. The molecule has 8 N–H and O–H groups in total. The minimum atomic E-state index is -1.89. The van der Waals surface area contributed by atoms with Crippen molar-refractivity contribution in [2.45, 2.75) is 73.9 Å². The molecule has 0 bridgehead atoms. The average Bonchev–Trinajstić information content (AvgIpc) is 3.82. The van der Waals surface area contributed by atoms with Crippen molar-refractivity contribution in [3.63, 3.8) is 0 Å². The smallest absolute Gasteiger partial charge is 0.317 e. The number of carbonyl (C=O) groups excluding carboxylic acids is 1. The van der Waals surface area contributed by atoms with Crippen molar-refractivity contribution in [3.8, 4) is 28.7 Å². The van der Waals surface area contributed by atoms with Gasteiger partial charge in [0.1, 0.15) is 54.5 Å². The number of carboxylic acid groups (broad SMARTS) is 1. The van der Waals surface area contributed by atoms with Gasteiger partial charge >= 0.3 is 11.9 Å². The lowest BCUT2D eigenvalue weighted by molar-refractivity contribution is -0.291. The van der Waals surface area contributed by atoms with Crippen molar-refractivity contribution in [2.75, 3.05) is 20.8 Å². The number of methoxy groups -OCH3 is 2. The summed E-state index contributed by atoms with van der Waals surface area (Å²) in [6.07, 6.45) is -13.6. The Hall–Kier alpha value is -5.75. The fourth-order valence-electron chi connectivity index (χ4n) is 8.26. The van der Waals surface area contributed by atoms with Gasteiger partial charge in [0.05, 0.1) is 38.2 Å². The molecule has 304 valence electrons. The summed E-state index contributed by atoms with van der Waals surface area (Å²) in [6.45, 7) is 0.317. The largest absolute Gasteiger partial charge is 0.493 e. The molecule has 0 spiro atoms. The third-order valence-corrected chi connectivity index (χ3v) is 10.9. The topological polar surface area (TPSA) is 244 Å². The van der Waals surface area contributed by atoms with E-state index in [1.807, 2.05) is 66.7 Å². The number of carbonyl (C=O) groups is 2. The first kappa shape index (κ1) is 39.1. The van der Waals surface area contributed by atoms with Gasteiger partial charge in [0.25, 0.3) is 0 Å². The number of para-hydroxylation sites is 1. The Bertz CT molecular complexity index is 2340. The molecular formula is C42H43N3O13. The third-order valence-electron chi connectivity index (χ3n) is 10.9. The summed E-state index contributed by atoms with van der Waals surface area (Å²) in [5.41, 5.74) is 15.9. The van der Waals surface area contributed by atoms with E-state index in [1.165, 1.54) is 0 Å². The number of aliphatic carboxylic acids is 1. The van der Waals surface area contributed by atoms with Gasteiger partial charge in [-0.05, 0) is 34.9 Å². The first-order chi connectivity index (χ1) is 28.0. The number of benzene rings is 4. The maximum atomic E-state index is 12.3. The maximum absolute atomic E-state index is 12.3. The van der Waals surface area contributed by atoms with E-state index in [4.69, 9.17) is 54.7 Å². The highest BCUT2D eigenvalue weighted by Gasteiger charge is 2.52. The van der Waals surface area contributed by atoms with Crippen molar-refractivity contribution >= 4 is 17.5 Å². The van der Waals surface area contributed by atoms with Crippen LogP contribution < -0.4 is 45.7 Å². The van der Waals surface area contributed by atoms with Crippen molar-refractivity contribution in [1.29, 1.82) is 0 Å². The van der Waals surface area contributed by atoms with Crippen molar-refractivity contribution in [3.05, 3.63) is 112 Å². The van der Waals surface area contributed by atoms with Crippen LogP contribution in [0.15, 0.2) is 83.9 Å². The molecule has 4 aromatic rings. The SMILES string of the molecule is COc1ccc2c(c1OC)OC1c3c(cc(OC4OC(C(OC(=O)CC(=O)O)C(N)N)C(O)C(O)C4O)cc3C3=c4ccccc4=NC3)OC(Cc3ccccc3)C21. The number of hydrogen-bond acceptors (Lipinski definition) is 15. The van der Waals surface area contributed by atoms with E-state index in [9.17, 15) is 24.9 Å². The van der Waals surface area contributed by atoms with Crippen LogP contribution in [-0.2, 0) is 25.5 Å². The van der Waals surface area contributed by atoms with E-state index in [0.717, 1.165) is 32.8 Å². The third kappa shape index (κ3) is 7.08. The molecule has 0 radical (unpaired) electrons. The van der Waals surface area contributed by atoms with Crippen LogP contribution in [0.25, 0.3) is 5.57 Å². The molecule has 4 aliphatic heterocycles. The predicted octanol–water partition coefficient (Wildman–Crippen LogP) is 0.573. The molecule has 0 aliphatic carbocycles. The Labute approximate surface area is 331 Å². The minimum Gasteiger partial charge on any atom is -0.493 e. The number of rotatable bonds is 12. The van der Waals surface area contributed by atoms with Gasteiger partial charge in [0, 0.05) is 28.8 Å². The molecule has 16 heteroatoms. The van der Waals surface area contributed by atoms with Crippen molar-refractivity contribution < 1.29 is 63.2 Å². The summed E-state index contributed by atoms with van der Waals surface area (Å²) in [7, 11) is 3.12. The fraction of sp³-hybridized carbons (Fsp3) is 0.357. The lowest BCUT2D eigenvalue weighted by Crippen LogP contribution is -2.66. The summed E-state index contributed by atoms with van der Waals surface area (Å²) in [6, 6.07) is 24.8. The monoisotopic (exact) mass is 797 g/mol. The summed E-state index contributed by atoms with van der Waals surface area (Å²) in [5.74, 6) is -0.935. The zero-order valence-corrected chi connectivity index (χ0v) is 31.5. The van der Waals surface area contributed by atoms with E-state index in [-0.39, 0.29) is 11.7 Å². The van der Waals surface area contributed by atoms with Crippen LogP contribution >= 0.6 is 0 Å². The molecule has 9 unspecified atom stereocenters. The van der Waals surface area contributed by atoms with E-state index in [2.05, 4.69) is 0 Å². The average molecular weight is 798 g/mol.